The number of hydrogen-bond acceptors (Lipinski definition) is 3. The summed E-state index contributed by atoms with van der Waals surface area (Å²) < 4.78 is 26.1. The van der Waals surface area contributed by atoms with Gasteiger partial charge in [-0.1, -0.05) is 0 Å². The second-order valence-electron chi connectivity index (χ2n) is 2.18. The van der Waals surface area contributed by atoms with Crippen LogP contribution in [0, 0.1) is 0 Å². The minimum Gasteiger partial charge on any atom is -0.560 e. The van der Waals surface area contributed by atoms with E-state index in [1.807, 2.05) is 0 Å². The maximum atomic E-state index is 10.7. The van der Waals surface area contributed by atoms with E-state index in [1.165, 1.54) is 31.4 Å². The molecule has 1 aromatic rings. The first-order valence-corrected chi connectivity index (χ1v) is 4.66. The van der Waals surface area contributed by atoms with E-state index in [0.29, 0.717) is 5.75 Å². The molecule has 1 aromatic carbocycles. The third-order valence-electron chi connectivity index (χ3n) is 1.37. The smallest absolute Gasteiger partial charge is 0.560 e. The number of nitrogens with one attached hydrogen (secondary N) is 1. The number of ether oxygens (including phenoxy) is 1. The van der Waals surface area contributed by atoms with Gasteiger partial charge in [0.1, 0.15) is 5.75 Å². The Morgan fingerprint density at radius 3 is 2.00 bits per heavy atom. The van der Waals surface area contributed by atoms with Gasteiger partial charge in [0.2, 0.25) is 0 Å². The summed E-state index contributed by atoms with van der Waals surface area (Å²) in [5.74, 6) is 0.572. The summed E-state index contributed by atoms with van der Waals surface area (Å²) in [6.45, 7) is 0. The predicted molar refractivity (Wildman–Crippen MR) is 44.5 cm³/mol. The molecule has 0 unspecified atom stereocenters. The number of benzene rings is 1. The Morgan fingerprint density at radius 2 is 1.69 bits per heavy atom. The van der Waals surface area contributed by atoms with Crippen molar-refractivity contribution in [3.63, 3.8) is 0 Å². The SMILES string of the molecule is COc1ccc(S([NH-])(=O)=O)cc1.[Na+]. The molecule has 13 heavy (non-hydrogen) atoms. The molecule has 0 bridgehead atoms. The fourth-order valence-electron chi connectivity index (χ4n) is 0.755. The van der Waals surface area contributed by atoms with Gasteiger partial charge < -0.3 is 9.88 Å². The molecule has 0 saturated heterocycles. The minimum absolute atomic E-state index is 0. The molecule has 66 valence electrons. The van der Waals surface area contributed by atoms with Gasteiger partial charge in [-0.2, -0.15) is 0 Å². The fourth-order valence-corrected chi connectivity index (χ4v) is 1.25. The van der Waals surface area contributed by atoms with E-state index in [0.717, 1.165) is 0 Å². The van der Waals surface area contributed by atoms with Crippen molar-refractivity contribution in [2.75, 3.05) is 7.11 Å². The van der Waals surface area contributed by atoms with Crippen molar-refractivity contribution >= 4 is 10.0 Å². The maximum absolute atomic E-state index is 10.7. The second-order valence-corrected chi connectivity index (χ2v) is 3.66. The van der Waals surface area contributed by atoms with Crippen molar-refractivity contribution in [2.24, 2.45) is 0 Å². The summed E-state index contributed by atoms with van der Waals surface area (Å²) in [5, 5.41) is 6.73. The molecular weight excluding hydrogens is 201 g/mol. The van der Waals surface area contributed by atoms with Crippen LogP contribution in [0.1, 0.15) is 0 Å². The standard InChI is InChI=1S/C7H8NO3S.Na/c1-11-6-2-4-7(5-3-6)12(8,9)10;/h2-5H,1H3,(H-,8,9,10);/q-1;+1. The Hall–Kier alpha value is -0.0700. The van der Waals surface area contributed by atoms with Crippen LogP contribution in [0.15, 0.2) is 29.2 Å². The van der Waals surface area contributed by atoms with E-state index in [2.05, 4.69) is 0 Å². The molecule has 1 N–H and O–H groups in total. The summed E-state index contributed by atoms with van der Waals surface area (Å²) >= 11 is 0. The van der Waals surface area contributed by atoms with E-state index < -0.39 is 10.0 Å². The van der Waals surface area contributed by atoms with Crippen LogP contribution in [0.3, 0.4) is 0 Å². The number of methoxy groups -OCH3 is 1. The van der Waals surface area contributed by atoms with E-state index in [4.69, 9.17) is 9.88 Å². The molecular formula is C7H8NNaO3S. The molecule has 0 radical (unpaired) electrons. The topological polar surface area (TPSA) is 67.2 Å². The molecule has 0 aliphatic carbocycles. The third-order valence-corrected chi connectivity index (χ3v) is 2.26. The van der Waals surface area contributed by atoms with Crippen LogP contribution in [-0.2, 0) is 10.0 Å². The Labute approximate surface area is 99.4 Å². The van der Waals surface area contributed by atoms with Crippen LogP contribution in [-0.4, -0.2) is 15.5 Å². The van der Waals surface area contributed by atoms with Crippen molar-refractivity contribution in [2.45, 2.75) is 4.90 Å². The normalized spacial score (nSPS) is 10.3. The zero-order valence-electron chi connectivity index (χ0n) is 7.44. The summed E-state index contributed by atoms with van der Waals surface area (Å²) in [7, 11) is -2.34. The second kappa shape index (κ2) is 4.97. The van der Waals surface area contributed by atoms with E-state index in [-0.39, 0.29) is 34.5 Å². The van der Waals surface area contributed by atoms with Crippen molar-refractivity contribution < 1.29 is 42.7 Å². The molecule has 0 fully saturated rings. The van der Waals surface area contributed by atoms with Gasteiger partial charge in [0.25, 0.3) is 0 Å². The van der Waals surface area contributed by atoms with Gasteiger partial charge >= 0.3 is 29.6 Å². The molecule has 0 spiro atoms. The molecule has 0 aromatic heterocycles. The van der Waals surface area contributed by atoms with Gasteiger partial charge in [0.05, 0.1) is 17.1 Å². The average molecular weight is 209 g/mol. The van der Waals surface area contributed by atoms with Gasteiger partial charge in [-0.15, -0.1) is 0 Å². The van der Waals surface area contributed by atoms with Crippen LogP contribution >= 0.6 is 0 Å². The molecule has 4 nitrogen and oxygen atoms in total. The summed E-state index contributed by atoms with van der Waals surface area (Å²) in [4.78, 5) is -0.0247. The van der Waals surface area contributed by atoms with E-state index in [1.54, 1.807) is 0 Å². The van der Waals surface area contributed by atoms with Gasteiger partial charge in [-0.25, -0.2) is 8.42 Å². The van der Waals surface area contributed by atoms with Crippen molar-refractivity contribution in [3.8, 4) is 5.75 Å². The largest absolute Gasteiger partial charge is 1.00 e. The molecule has 0 heterocycles. The van der Waals surface area contributed by atoms with Crippen LogP contribution in [0.2, 0.25) is 0 Å². The van der Waals surface area contributed by atoms with Crippen LogP contribution in [0.25, 0.3) is 5.14 Å². The van der Waals surface area contributed by atoms with Crippen molar-refractivity contribution in [1.82, 2.24) is 0 Å². The van der Waals surface area contributed by atoms with Gasteiger partial charge in [0, 0.05) is 4.90 Å². The van der Waals surface area contributed by atoms with Crippen molar-refractivity contribution in [1.29, 1.82) is 0 Å². The van der Waals surface area contributed by atoms with Crippen LogP contribution < -0.4 is 34.3 Å². The third kappa shape index (κ3) is 3.66. The maximum Gasteiger partial charge on any atom is 1.00 e. The Morgan fingerprint density at radius 1 is 1.23 bits per heavy atom. The number of rotatable bonds is 2. The Kier molecular flexibility index (Phi) is 4.95. The summed E-state index contributed by atoms with van der Waals surface area (Å²) in [5.41, 5.74) is 0. The van der Waals surface area contributed by atoms with Crippen LogP contribution in [0.4, 0.5) is 0 Å². The first kappa shape index (κ1) is 12.9. The molecule has 0 aliphatic heterocycles. The predicted octanol–water partition coefficient (Wildman–Crippen LogP) is -1.56. The van der Waals surface area contributed by atoms with E-state index in [9.17, 15) is 8.42 Å². The quantitative estimate of drug-likeness (QED) is 0.553. The monoisotopic (exact) mass is 209 g/mol. The molecule has 0 saturated carbocycles. The van der Waals surface area contributed by atoms with E-state index >= 15 is 0 Å². The van der Waals surface area contributed by atoms with Gasteiger partial charge in [-0.3, -0.25) is 0 Å². The van der Waals surface area contributed by atoms with Gasteiger partial charge in [0.15, 0.2) is 0 Å². The Bertz CT molecular complexity index is 360. The van der Waals surface area contributed by atoms with Crippen molar-refractivity contribution in [3.05, 3.63) is 29.4 Å². The number of sulfonamides is 1. The van der Waals surface area contributed by atoms with Crippen LogP contribution in [0.5, 0.6) is 5.75 Å². The molecule has 0 atom stereocenters. The molecule has 6 heteroatoms. The molecule has 0 aliphatic rings. The summed E-state index contributed by atoms with van der Waals surface area (Å²) in [6.07, 6.45) is 0. The first-order chi connectivity index (χ1) is 5.54. The average Bonchev–Trinajstić information content (AvgIpc) is 2.03. The zero-order valence-corrected chi connectivity index (χ0v) is 10.3. The number of hydrogen-bond donors (Lipinski definition) is 0. The summed E-state index contributed by atoms with van der Waals surface area (Å²) in [6, 6.07) is 5.67. The fraction of sp³-hybridized carbons (Fsp3) is 0.143. The minimum atomic E-state index is -3.83. The molecule has 0 amide bonds. The van der Waals surface area contributed by atoms with Gasteiger partial charge in [-0.05, 0) is 24.3 Å². The Balaban J connectivity index is 0.00000144. The first-order valence-electron chi connectivity index (χ1n) is 3.18. The molecule has 1 rings (SSSR count). The zero-order chi connectivity index (χ0) is 9.19.